The molecule has 7 nitrogen and oxygen atoms in total. The molecule has 1 fully saturated rings. The van der Waals surface area contributed by atoms with E-state index in [1.165, 1.54) is 18.1 Å². The van der Waals surface area contributed by atoms with Crippen LogP contribution in [0.15, 0.2) is 24.3 Å². The minimum Gasteiger partial charge on any atom is -0.465 e. The van der Waals surface area contributed by atoms with E-state index in [-0.39, 0.29) is 30.1 Å². The lowest BCUT2D eigenvalue weighted by atomic mass is 10.1. The van der Waals surface area contributed by atoms with Crippen LogP contribution in [-0.2, 0) is 4.74 Å². The van der Waals surface area contributed by atoms with Gasteiger partial charge in [-0.3, -0.25) is 4.79 Å². The van der Waals surface area contributed by atoms with Gasteiger partial charge in [0.05, 0.1) is 18.2 Å². The Balaban J connectivity index is 2.15. The van der Waals surface area contributed by atoms with Gasteiger partial charge in [0.2, 0.25) is 0 Å². The number of amides is 2. The van der Waals surface area contributed by atoms with E-state index in [4.69, 9.17) is 5.11 Å². The SMILES string of the molecule is COC(=O)c1ccccc1C(=O)N1CCN(C(=O)O)CC1. The Bertz CT molecular complexity index is 564. The van der Waals surface area contributed by atoms with Crippen LogP contribution in [0.5, 0.6) is 0 Å². The number of benzene rings is 1. The minimum absolute atomic E-state index is 0.214. The molecule has 1 aromatic carbocycles. The molecule has 2 rings (SSSR count). The summed E-state index contributed by atoms with van der Waals surface area (Å²) in [5.74, 6) is -0.857. The molecule has 1 heterocycles. The van der Waals surface area contributed by atoms with Gasteiger partial charge in [-0.25, -0.2) is 9.59 Å². The van der Waals surface area contributed by atoms with Crippen molar-refractivity contribution in [2.45, 2.75) is 0 Å². The van der Waals surface area contributed by atoms with Crippen molar-refractivity contribution < 1.29 is 24.2 Å². The Morgan fingerprint density at radius 2 is 1.52 bits per heavy atom. The summed E-state index contributed by atoms with van der Waals surface area (Å²) in [5, 5.41) is 8.89. The highest BCUT2D eigenvalue weighted by atomic mass is 16.5. The number of hydrogen-bond donors (Lipinski definition) is 1. The molecule has 112 valence electrons. The molecule has 0 bridgehead atoms. The molecule has 0 aromatic heterocycles. The van der Waals surface area contributed by atoms with E-state index >= 15 is 0 Å². The van der Waals surface area contributed by atoms with Gasteiger partial charge in [-0.15, -0.1) is 0 Å². The monoisotopic (exact) mass is 292 g/mol. The fourth-order valence-corrected chi connectivity index (χ4v) is 2.23. The predicted molar refractivity (Wildman–Crippen MR) is 73.3 cm³/mol. The van der Waals surface area contributed by atoms with E-state index in [0.717, 1.165) is 0 Å². The number of hydrogen-bond acceptors (Lipinski definition) is 4. The van der Waals surface area contributed by atoms with Crippen LogP contribution in [-0.4, -0.2) is 66.2 Å². The number of carbonyl (C=O) groups excluding carboxylic acids is 2. The summed E-state index contributed by atoms with van der Waals surface area (Å²) in [7, 11) is 1.26. The Morgan fingerprint density at radius 3 is 2.05 bits per heavy atom. The average molecular weight is 292 g/mol. The fraction of sp³-hybridized carbons (Fsp3) is 0.357. The third-order valence-corrected chi connectivity index (χ3v) is 3.40. The van der Waals surface area contributed by atoms with Crippen molar-refractivity contribution in [2.75, 3.05) is 33.3 Å². The van der Waals surface area contributed by atoms with Crippen molar-refractivity contribution in [1.82, 2.24) is 9.80 Å². The topological polar surface area (TPSA) is 87.2 Å². The molecule has 1 saturated heterocycles. The Morgan fingerprint density at radius 1 is 1.00 bits per heavy atom. The van der Waals surface area contributed by atoms with Gasteiger partial charge in [0.25, 0.3) is 5.91 Å². The summed E-state index contributed by atoms with van der Waals surface area (Å²) in [6, 6.07) is 6.43. The second-order valence-electron chi connectivity index (χ2n) is 4.60. The predicted octanol–water partition coefficient (Wildman–Crippen LogP) is 0.909. The smallest absolute Gasteiger partial charge is 0.407 e. The normalized spacial score (nSPS) is 14.7. The van der Waals surface area contributed by atoms with Crippen LogP contribution in [0.1, 0.15) is 20.7 Å². The third kappa shape index (κ3) is 3.13. The number of esters is 1. The highest BCUT2D eigenvalue weighted by molar-refractivity contribution is 6.05. The number of nitrogens with zero attached hydrogens (tertiary/aromatic N) is 2. The summed E-state index contributed by atoms with van der Waals surface area (Å²) in [4.78, 5) is 37.8. The molecule has 0 saturated carbocycles. The molecule has 0 radical (unpaired) electrons. The number of ether oxygens (including phenoxy) is 1. The van der Waals surface area contributed by atoms with Gasteiger partial charge in [-0.1, -0.05) is 12.1 Å². The van der Waals surface area contributed by atoms with E-state index in [0.29, 0.717) is 13.1 Å². The van der Waals surface area contributed by atoms with Crippen molar-refractivity contribution in [1.29, 1.82) is 0 Å². The lowest BCUT2D eigenvalue weighted by Gasteiger charge is -2.33. The number of methoxy groups -OCH3 is 1. The first kappa shape index (κ1) is 14.8. The van der Waals surface area contributed by atoms with Gasteiger partial charge < -0.3 is 19.6 Å². The van der Waals surface area contributed by atoms with Gasteiger partial charge >= 0.3 is 12.1 Å². The van der Waals surface area contributed by atoms with Crippen LogP contribution in [0.4, 0.5) is 4.79 Å². The van der Waals surface area contributed by atoms with E-state index < -0.39 is 12.1 Å². The zero-order valence-electron chi connectivity index (χ0n) is 11.6. The van der Waals surface area contributed by atoms with Crippen LogP contribution < -0.4 is 0 Å². The third-order valence-electron chi connectivity index (χ3n) is 3.40. The van der Waals surface area contributed by atoms with Gasteiger partial charge in [-0.2, -0.15) is 0 Å². The molecule has 1 aliphatic rings. The number of carbonyl (C=O) groups is 3. The summed E-state index contributed by atoms with van der Waals surface area (Å²) < 4.78 is 4.67. The standard InChI is InChI=1S/C14H16N2O5/c1-21-13(18)11-5-3-2-4-10(11)12(17)15-6-8-16(9-7-15)14(19)20/h2-5H,6-9H2,1H3,(H,19,20). The first-order valence-corrected chi connectivity index (χ1v) is 6.49. The molecule has 2 amide bonds. The van der Waals surface area contributed by atoms with Gasteiger partial charge in [0.1, 0.15) is 0 Å². The lowest BCUT2D eigenvalue weighted by molar-refractivity contribution is 0.0573. The molecule has 21 heavy (non-hydrogen) atoms. The molecule has 0 aliphatic carbocycles. The summed E-state index contributed by atoms with van der Waals surface area (Å²) in [6.45, 7) is 1.14. The van der Waals surface area contributed by atoms with Crippen LogP contribution >= 0.6 is 0 Å². The zero-order valence-corrected chi connectivity index (χ0v) is 11.6. The van der Waals surface area contributed by atoms with Crippen LogP contribution in [0, 0.1) is 0 Å². The summed E-state index contributed by atoms with van der Waals surface area (Å²) in [5.41, 5.74) is 0.485. The molecule has 1 N–H and O–H groups in total. The fourth-order valence-electron chi connectivity index (χ4n) is 2.23. The van der Waals surface area contributed by atoms with Gasteiger partial charge in [-0.05, 0) is 12.1 Å². The van der Waals surface area contributed by atoms with E-state index in [1.807, 2.05) is 0 Å². The molecule has 0 unspecified atom stereocenters. The first-order chi connectivity index (χ1) is 10.0. The molecule has 0 atom stereocenters. The number of piperazine rings is 1. The zero-order chi connectivity index (χ0) is 15.4. The molecule has 1 aliphatic heterocycles. The maximum absolute atomic E-state index is 12.5. The number of rotatable bonds is 2. The highest BCUT2D eigenvalue weighted by Crippen LogP contribution is 2.14. The molecular formula is C14H16N2O5. The van der Waals surface area contributed by atoms with Crippen LogP contribution in [0.2, 0.25) is 0 Å². The quantitative estimate of drug-likeness (QED) is 0.819. The second-order valence-corrected chi connectivity index (χ2v) is 4.60. The van der Waals surface area contributed by atoms with Crippen LogP contribution in [0.3, 0.4) is 0 Å². The van der Waals surface area contributed by atoms with Crippen molar-refractivity contribution in [3.63, 3.8) is 0 Å². The largest absolute Gasteiger partial charge is 0.465 e. The molecule has 7 heteroatoms. The van der Waals surface area contributed by atoms with E-state index in [9.17, 15) is 14.4 Å². The van der Waals surface area contributed by atoms with Crippen molar-refractivity contribution >= 4 is 18.0 Å². The highest BCUT2D eigenvalue weighted by Gasteiger charge is 2.27. The van der Waals surface area contributed by atoms with E-state index in [2.05, 4.69) is 4.74 Å². The maximum atomic E-state index is 12.5. The first-order valence-electron chi connectivity index (χ1n) is 6.49. The second kappa shape index (κ2) is 6.25. The molecule has 1 aromatic rings. The Labute approximate surface area is 121 Å². The number of carboxylic acid groups (broad SMARTS) is 1. The Kier molecular flexibility index (Phi) is 4.42. The van der Waals surface area contributed by atoms with Crippen molar-refractivity contribution in [3.8, 4) is 0 Å². The lowest BCUT2D eigenvalue weighted by Crippen LogP contribution is -2.50. The minimum atomic E-state index is -0.989. The van der Waals surface area contributed by atoms with Crippen molar-refractivity contribution in [2.24, 2.45) is 0 Å². The van der Waals surface area contributed by atoms with Crippen molar-refractivity contribution in [3.05, 3.63) is 35.4 Å². The summed E-state index contributed by atoms with van der Waals surface area (Å²) >= 11 is 0. The van der Waals surface area contributed by atoms with Gasteiger partial charge in [0, 0.05) is 26.2 Å². The average Bonchev–Trinajstić information content (AvgIpc) is 2.53. The van der Waals surface area contributed by atoms with E-state index in [1.54, 1.807) is 23.1 Å². The summed E-state index contributed by atoms with van der Waals surface area (Å²) in [6.07, 6.45) is -0.989. The van der Waals surface area contributed by atoms with Gasteiger partial charge in [0.15, 0.2) is 0 Å². The Hall–Kier alpha value is -2.57. The molecular weight excluding hydrogens is 276 g/mol. The molecule has 0 spiro atoms. The van der Waals surface area contributed by atoms with Crippen LogP contribution in [0.25, 0.3) is 0 Å². The maximum Gasteiger partial charge on any atom is 0.407 e.